The third kappa shape index (κ3) is 4.92. The zero-order valence-electron chi connectivity index (χ0n) is 19.9. The fraction of sp³-hybridized carbons (Fsp3) is 0.292. The van der Waals surface area contributed by atoms with Gasteiger partial charge in [0.2, 0.25) is 23.5 Å². The van der Waals surface area contributed by atoms with Gasteiger partial charge in [-0.05, 0) is 49.1 Å². The maximum atomic E-state index is 14.6. The number of benzene rings is 1. The molecule has 1 saturated heterocycles. The number of fused-ring (bicyclic) bond motifs is 1. The third-order valence-electron chi connectivity index (χ3n) is 5.94. The van der Waals surface area contributed by atoms with Crippen molar-refractivity contribution in [1.82, 2.24) is 9.88 Å². The first-order chi connectivity index (χ1) is 17.5. The highest BCUT2D eigenvalue weighted by atomic mass is 35.5. The number of ketones is 1. The number of amides is 2. The van der Waals surface area contributed by atoms with Crippen LogP contribution < -0.4 is 11.1 Å². The van der Waals surface area contributed by atoms with Crippen LogP contribution in [-0.2, 0) is 19.1 Å². The Balaban J connectivity index is 1.45. The molecule has 3 N–H and O–H groups in total. The van der Waals surface area contributed by atoms with E-state index in [1.807, 2.05) is 0 Å². The summed E-state index contributed by atoms with van der Waals surface area (Å²) < 4.78 is 41.9. The van der Waals surface area contributed by atoms with Gasteiger partial charge in [-0.15, -0.1) is 0 Å². The average Bonchev–Trinajstić information content (AvgIpc) is 3.24. The number of ether oxygens (including phenoxy) is 1. The van der Waals surface area contributed by atoms with Crippen molar-refractivity contribution in [1.29, 1.82) is 0 Å². The molecule has 3 heterocycles. The van der Waals surface area contributed by atoms with Crippen LogP contribution in [0, 0.1) is 11.8 Å². The zero-order chi connectivity index (χ0) is 27.0. The summed E-state index contributed by atoms with van der Waals surface area (Å²) in [4.78, 5) is 54.0. The lowest BCUT2D eigenvalue weighted by Gasteiger charge is -2.33. The molecular weight excluding hydrogens is 498 g/mol. The molecule has 2 aromatic rings. The first-order valence-electron chi connectivity index (χ1n) is 11.4. The Kier molecular flexibility index (Phi) is 6.64. The van der Waals surface area contributed by atoms with Crippen molar-refractivity contribution in [2.75, 3.05) is 17.7 Å². The molecule has 0 saturated carbocycles. The number of carbonyl (C=O) groups excluding carboxylic acids is 4. The summed E-state index contributed by atoms with van der Waals surface area (Å²) in [5.74, 6) is -5.24. The van der Waals surface area contributed by atoms with E-state index in [1.165, 1.54) is 30.0 Å². The Bertz CT molecular complexity index is 1350. The number of halogens is 3. The van der Waals surface area contributed by atoms with E-state index in [0.717, 1.165) is 6.07 Å². The summed E-state index contributed by atoms with van der Waals surface area (Å²) >= 11 is 5.87. The van der Waals surface area contributed by atoms with E-state index in [1.54, 1.807) is 0 Å². The molecule has 2 aliphatic rings. The van der Waals surface area contributed by atoms with E-state index in [9.17, 15) is 28.0 Å². The summed E-state index contributed by atoms with van der Waals surface area (Å²) in [5.41, 5.74) is 5.75. The molecule has 2 amide bonds. The smallest absolute Gasteiger partial charge is 0.329 e. The van der Waals surface area contributed by atoms with Crippen LogP contribution in [-0.4, -0.2) is 52.1 Å². The van der Waals surface area contributed by atoms with Crippen molar-refractivity contribution in [3.63, 3.8) is 0 Å². The fourth-order valence-electron chi connectivity index (χ4n) is 4.39. The van der Waals surface area contributed by atoms with Crippen LogP contribution in [0.15, 0.2) is 30.3 Å². The van der Waals surface area contributed by atoms with Gasteiger partial charge >= 0.3 is 5.97 Å². The number of pyridine rings is 1. The maximum Gasteiger partial charge on any atom is 0.329 e. The van der Waals surface area contributed by atoms with Gasteiger partial charge in [-0.25, -0.2) is 14.2 Å². The van der Waals surface area contributed by atoms with Crippen LogP contribution in [0.1, 0.15) is 43.5 Å². The summed E-state index contributed by atoms with van der Waals surface area (Å²) in [6.45, 7) is 0.293. The Morgan fingerprint density at radius 3 is 2.75 bits per heavy atom. The van der Waals surface area contributed by atoms with Gasteiger partial charge < -0.3 is 20.7 Å². The van der Waals surface area contributed by atoms with E-state index >= 15 is 0 Å². The molecule has 0 unspecified atom stereocenters. The number of nitrogen functional groups attached to an aromatic ring is 1. The first-order valence-corrected chi connectivity index (χ1v) is 11.3. The Labute approximate surface area is 210 Å². The van der Waals surface area contributed by atoms with Crippen molar-refractivity contribution < 1.29 is 34.1 Å². The van der Waals surface area contributed by atoms with Crippen LogP contribution >= 0.6 is 11.6 Å². The second-order valence-electron chi connectivity index (χ2n) is 8.36. The van der Waals surface area contributed by atoms with Crippen LogP contribution in [0.5, 0.6) is 0 Å². The molecule has 1 aromatic heterocycles. The molecule has 1 aromatic carbocycles. The largest absolute Gasteiger partial charge is 0.456 e. The van der Waals surface area contributed by atoms with Crippen molar-refractivity contribution >= 4 is 52.2 Å². The molecule has 0 aliphatic carbocycles. The summed E-state index contributed by atoms with van der Waals surface area (Å²) in [6, 6.07) is 1.78. The number of nitrogens with one attached hydrogen (secondary N) is 1. The lowest BCUT2D eigenvalue weighted by molar-refractivity contribution is -0.152. The van der Waals surface area contributed by atoms with Gasteiger partial charge in [0.15, 0.2) is 12.4 Å². The SMILES string of the molecule is [2H]c1cc(NC(C)=O)nc(F)c1C(=O)COC(=O)[C@@H]1CC[C@@H]2CC(c3c(N)ccc(Cl)c3F)=CC(=O)N21. The standard InChI is InChI=1S/C24H21ClF2N4O5/c1-11(32)29-19-7-3-14(23(27)30-19)18(33)10-36-24(35)17-6-2-13-8-12(9-20(34)31(13)17)21-16(28)5-4-15(25)22(21)26/h3-5,7,9,13,17H,2,6,8,10,28H2,1H3,(H,29,30,32)/t13-,17+/m1/s1/i3D. The molecule has 2 aliphatic heterocycles. The zero-order valence-corrected chi connectivity index (χ0v) is 19.7. The van der Waals surface area contributed by atoms with Crippen LogP contribution in [0.2, 0.25) is 5.02 Å². The highest BCUT2D eigenvalue weighted by Gasteiger charge is 2.44. The van der Waals surface area contributed by atoms with E-state index in [4.69, 9.17) is 23.4 Å². The predicted octanol–water partition coefficient (Wildman–Crippen LogP) is 3.13. The van der Waals surface area contributed by atoms with Gasteiger partial charge in [-0.1, -0.05) is 11.6 Å². The minimum absolute atomic E-state index is 0.0449. The molecule has 0 bridgehead atoms. The van der Waals surface area contributed by atoms with E-state index in [-0.39, 0.29) is 34.9 Å². The molecule has 2 atom stereocenters. The number of nitrogens with two attached hydrogens (primary N) is 1. The van der Waals surface area contributed by atoms with Gasteiger partial charge in [0.1, 0.15) is 11.9 Å². The quantitative estimate of drug-likeness (QED) is 0.259. The number of anilines is 2. The highest BCUT2D eigenvalue weighted by molar-refractivity contribution is 6.31. The first kappa shape index (κ1) is 23.9. The molecule has 1 fully saturated rings. The molecule has 9 nitrogen and oxygen atoms in total. The van der Waals surface area contributed by atoms with E-state index < -0.39 is 65.6 Å². The number of Topliss-reactive ketones (excluding diaryl/α,β-unsaturated/α-hetero) is 1. The minimum atomic E-state index is -1.30. The van der Waals surface area contributed by atoms with Crippen molar-refractivity contribution in [2.45, 2.75) is 38.3 Å². The lowest BCUT2D eigenvalue weighted by atomic mass is 9.92. The Morgan fingerprint density at radius 1 is 1.31 bits per heavy atom. The molecule has 36 heavy (non-hydrogen) atoms. The van der Waals surface area contributed by atoms with Gasteiger partial charge in [-0.3, -0.25) is 14.4 Å². The number of carbonyl (C=O) groups is 4. The summed E-state index contributed by atoms with van der Waals surface area (Å²) in [6.07, 6.45) is 2.08. The van der Waals surface area contributed by atoms with Gasteiger partial charge in [-0.2, -0.15) is 4.39 Å². The minimum Gasteiger partial charge on any atom is -0.456 e. The molecule has 0 spiro atoms. The van der Waals surface area contributed by atoms with Crippen LogP contribution in [0.4, 0.5) is 20.3 Å². The van der Waals surface area contributed by atoms with Crippen LogP contribution in [0.3, 0.4) is 0 Å². The number of aromatic nitrogens is 1. The number of nitrogens with zero attached hydrogens (tertiary/aromatic N) is 2. The van der Waals surface area contributed by atoms with Gasteiger partial charge in [0.05, 0.1) is 12.0 Å². The number of esters is 1. The monoisotopic (exact) mass is 519 g/mol. The van der Waals surface area contributed by atoms with Crippen LogP contribution in [0.25, 0.3) is 5.57 Å². The van der Waals surface area contributed by atoms with E-state index in [2.05, 4.69) is 10.3 Å². The molecule has 12 heteroatoms. The predicted molar refractivity (Wildman–Crippen MR) is 126 cm³/mol. The lowest BCUT2D eigenvalue weighted by Crippen LogP contribution is -2.47. The Morgan fingerprint density at radius 2 is 2.06 bits per heavy atom. The fourth-order valence-corrected chi connectivity index (χ4v) is 4.55. The van der Waals surface area contributed by atoms with E-state index in [0.29, 0.717) is 12.0 Å². The molecular formula is C24H21ClF2N4O5. The Hall–Kier alpha value is -3.86. The number of hydrogen-bond acceptors (Lipinski definition) is 7. The molecule has 4 rings (SSSR count). The maximum absolute atomic E-state index is 14.6. The summed E-state index contributed by atoms with van der Waals surface area (Å²) in [7, 11) is 0. The number of hydrogen-bond donors (Lipinski definition) is 2. The van der Waals surface area contributed by atoms with Crippen molar-refractivity contribution in [3.8, 4) is 0 Å². The third-order valence-corrected chi connectivity index (χ3v) is 6.23. The average molecular weight is 520 g/mol. The van der Waals surface area contributed by atoms with Gasteiger partial charge in [0.25, 0.3) is 0 Å². The topological polar surface area (TPSA) is 132 Å². The second-order valence-corrected chi connectivity index (χ2v) is 8.76. The van der Waals surface area contributed by atoms with Gasteiger partial charge in [0, 0.05) is 30.3 Å². The molecule has 188 valence electrons. The highest BCUT2D eigenvalue weighted by Crippen LogP contribution is 2.39. The number of rotatable bonds is 6. The normalized spacial score (nSPS) is 19.3. The van der Waals surface area contributed by atoms with Crippen molar-refractivity contribution in [3.05, 3.63) is 58.2 Å². The van der Waals surface area contributed by atoms with Crippen molar-refractivity contribution in [2.24, 2.45) is 0 Å². The summed E-state index contributed by atoms with van der Waals surface area (Å²) in [5, 5.41) is 2.08. The second kappa shape index (κ2) is 10.0. The molecule has 0 radical (unpaired) electrons.